The van der Waals surface area contributed by atoms with Crippen LogP contribution in [0.1, 0.15) is 33.5 Å². The van der Waals surface area contributed by atoms with Crippen LogP contribution in [0.2, 0.25) is 0 Å². The van der Waals surface area contributed by atoms with Crippen LogP contribution in [0.3, 0.4) is 0 Å². The van der Waals surface area contributed by atoms with E-state index < -0.39 is 5.60 Å². The normalized spacial score (nSPS) is 19.6. The average Bonchev–Trinajstić information content (AvgIpc) is 2.37. The summed E-state index contributed by atoms with van der Waals surface area (Å²) < 4.78 is 5.45. The summed E-state index contributed by atoms with van der Waals surface area (Å²) in [5, 5.41) is 0. The Morgan fingerprint density at radius 1 is 1.29 bits per heavy atom. The SMILES string of the molecule is Cc1ncc(N2CCN(C(=O)OC(C)(C)C)[C@@H](C)C2)cn1. The van der Waals surface area contributed by atoms with E-state index in [9.17, 15) is 4.79 Å². The number of carbonyl (C=O) groups excluding carboxylic acids is 1. The van der Waals surface area contributed by atoms with E-state index in [0.29, 0.717) is 6.54 Å². The molecule has 0 N–H and O–H groups in total. The Hall–Kier alpha value is -1.85. The molecule has 0 spiro atoms. The zero-order valence-electron chi connectivity index (χ0n) is 13.5. The highest BCUT2D eigenvalue weighted by molar-refractivity contribution is 5.69. The fourth-order valence-corrected chi connectivity index (χ4v) is 2.33. The van der Waals surface area contributed by atoms with Gasteiger partial charge in [-0.2, -0.15) is 0 Å². The molecule has 116 valence electrons. The molecule has 0 aromatic carbocycles. The van der Waals surface area contributed by atoms with Gasteiger partial charge in [0, 0.05) is 25.7 Å². The fourth-order valence-electron chi connectivity index (χ4n) is 2.33. The fraction of sp³-hybridized carbons (Fsp3) is 0.667. The topological polar surface area (TPSA) is 58.6 Å². The zero-order valence-corrected chi connectivity index (χ0v) is 13.5. The molecule has 6 heteroatoms. The van der Waals surface area contributed by atoms with Crippen molar-refractivity contribution in [3.8, 4) is 0 Å². The number of hydrogen-bond donors (Lipinski definition) is 0. The van der Waals surface area contributed by atoms with Crippen LogP contribution < -0.4 is 4.90 Å². The average molecular weight is 292 g/mol. The molecular formula is C15H24N4O2. The van der Waals surface area contributed by atoms with Gasteiger partial charge in [-0.15, -0.1) is 0 Å². The summed E-state index contributed by atoms with van der Waals surface area (Å²) in [4.78, 5) is 24.6. The summed E-state index contributed by atoms with van der Waals surface area (Å²) >= 11 is 0. The molecule has 2 heterocycles. The first kappa shape index (κ1) is 15.5. The van der Waals surface area contributed by atoms with Crippen molar-refractivity contribution in [1.82, 2.24) is 14.9 Å². The van der Waals surface area contributed by atoms with E-state index in [-0.39, 0.29) is 12.1 Å². The molecular weight excluding hydrogens is 268 g/mol. The third kappa shape index (κ3) is 4.06. The maximum Gasteiger partial charge on any atom is 0.410 e. The second-order valence-corrected chi connectivity index (χ2v) is 6.46. The van der Waals surface area contributed by atoms with E-state index >= 15 is 0 Å². The Morgan fingerprint density at radius 3 is 2.43 bits per heavy atom. The maximum atomic E-state index is 12.2. The molecule has 1 aliphatic rings. The Bertz CT molecular complexity index is 495. The van der Waals surface area contributed by atoms with E-state index in [0.717, 1.165) is 24.6 Å². The van der Waals surface area contributed by atoms with Gasteiger partial charge in [0.15, 0.2) is 0 Å². The molecule has 1 saturated heterocycles. The van der Waals surface area contributed by atoms with E-state index in [4.69, 9.17) is 4.74 Å². The summed E-state index contributed by atoms with van der Waals surface area (Å²) in [6.07, 6.45) is 3.42. The van der Waals surface area contributed by atoms with E-state index in [1.165, 1.54) is 0 Å². The predicted molar refractivity (Wildman–Crippen MR) is 81.4 cm³/mol. The summed E-state index contributed by atoms with van der Waals surface area (Å²) in [7, 11) is 0. The minimum Gasteiger partial charge on any atom is -0.444 e. The van der Waals surface area contributed by atoms with Crippen molar-refractivity contribution in [2.45, 2.75) is 46.3 Å². The molecule has 1 aliphatic heterocycles. The number of ether oxygens (including phenoxy) is 1. The standard InChI is InChI=1S/C15H24N4O2/c1-11-10-18(13-8-16-12(2)17-9-13)6-7-19(11)14(20)21-15(3,4)5/h8-9,11H,6-7,10H2,1-5H3/t11-/m0/s1. The number of anilines is 1. The Morgan fingerprint density at radius 2 is 1.90 bits per heavy atom. The third-order valence-corrected chi connectivity index (χ3v) is 3.39. The summed E-state index contributed by atoms with van der Waals surface area (Å²) in [5.74, 6) is 0.763. The maximum absolute atomic E-state index is 12.2. The highest BCUT2D eigenvalue weighted by Crippen LogP contribution is 2.19. The minimum absolute atomic E-state index is 0.0925. The molecule has 1 fully saturated rings. The molecule has 0 aliphatic carbocycles. The summed E-state index contributed by atoms with van der Waals surface area (Å²) in [6, 6.07) is 0.0925. The van der Waals surface area contributed by atoms with Gasteiger partial charge in [-0.05, 0) is 34.6 Å². The van der Waals surface area contributed by atoms with Crippen molar-refractivity contribution in [1.29, 1.82) is 0 Å². The minimum atomic E-state index is -0.460. The van der Waals surface area contributed by atoms with Crippen LogP contribution in [-0.4, -0.2) is 52.2 Å². The van der Waals surface area contributed by atoms with Gasteiger partial charge in [0.2, 0.25) is 0 Å². The lowest BCUT2D eigenvalue weighted by Gasteiger charge is -2.40. The first-order valence-corrected chi connectivity index (χ1v) is 7.29. The molecule has 0 unspecified atom stereocenters. The number of aromatic nitrogens is 2. The van der Waals surface area contributed by atoms with Gasteiger partial charge >= 0.3 is 6.09 Å². The lowest BCUT2D eigenvalue weighted by molar-refractivity contribution is 0.0159. The number of amides is 1. The van der Waals surface area contributed by atoms with E-state index in [1.54, 1.807) is 4.90 Å². The number of rotatable bonds is 1. The van der Waals surface area contributed by atoms with Gasteiger partial charge < -0.3 is 14.5 Å². The summed E-state index contributed by atoms with van der Waals surface area (Å²) in [6.45, 7) is 11.7. The molecule has 1 aromatic rings. The van der Waals surface area contributed by atoms with Crippen LogP contribution in [0.15, 0.2) is 12.4 Å². The predicted octanol–water partition coefficient (Wildman–Crippen LogP) is 2.23. The number of aryl methyl sites for hydroxylation is 1. The van der Waals surface area contributed by atoms with Crippen molar-refractivity contribution in [3.05, 3.63) is 18.2 Å². The van der Waals surface area contributed by atoms with Gasteiger partial charge in [0.05, 0.1) is 18.1 Å². The molecule has 2 rings (SSSR count). The highest BCUT2D eigenvalue weighted by Gasteiger charge is 2.30. The van der Waals surface area contributed by atoms with Crippen molar-refractivity contribution in [2.75, 3.05) is 24.5 Å². The van der Waals surface area contributed by atoms with Gasteiger partial charge in [0.25, 0.3) is 0 Å². The Kier molecular flexibility index (Phi) is 4.34. The quantitative estimate of drug-likeness (QED) is 0.794. The van der Waals surface area contributed by atoms with Crippen LogP contribution >= 0.6 is 0 Å². The van der Waals surface area contributed by atoms with Crippen molar-refractivity contribution < 1.29 is 9.53 Å². The highest BCUT2D eigenvalue weighted by atomic mass is 16.6. The molecule has 0 bridgehead atoms. The van der Waals surface area contributed by atoms with Crippen LogP contribution in [0, 0.1) is 6.92 Å². The van der Waals surface area contributed by atoms with Gasteiger partial charge in [-0.25, -0.2) is 14.8 Å². The number of nitrogens with zero attached hydrogens (tertiary/aromatic N) is 4. The molecule has 1 amide bonds. The summed E-state index contributed by atoms with van der Waals surface area (Å²) in [5.41, 5.74) is 0.537. The third-order valence-electron chi connectivity index (χ3n) is 3.39. The van der Waals surface area contributed by atoms with Gasteiger partial charge in [-0.1, -0.05) is 0 Å². The lowest BCUT2D eigenvalue weighted by atomic mass is 10.2. The van der Waals surface area contributed by atoms with Crippen molar-refractivity contribution >= 4 is 11.8 Å². The smallest absolute Gasteiger partial charge is 0.410 e. The van der Waals surface area contributed by atoms with Crippen LogP contribution in [-0.2, 0) is 4.74 Å². The molecule has 6 nitrogen and oxygen atoms in total. The largest absolute Gasteiger partial charge is 0.444 e. The van der Waals surface area contributed by atoms with Gasteiger partial charge in [-0.3, -0.25) is 0 Å². The molecule has 0 radical (unpaired) electrons. The molecule has 0 saturated carbocycles. The van der Waals surface area contributed by atoms with Crippen LogP contribution in [0.25, 0.3) is 0 Å². The van der Waals surface area contributed by atoms with Crippen LogP contribution in [0.4, 0.5) is 10.5 Å². The Balaban J connectivity index is 1.99. The molecule has 1 aromatic heterocycles. The first-order valence-electron chi connectivity index (χ1n) is 7.29. The second-order valence-electron chi connectivity index (χ2n) is 6.46. The number of hydrogen-bond acceptors (Lipinski definition) is 5. The van der Waals surface area contributed by atoms with Crippen molar-refractivity contribution in [2.24, 2.45) is 0 Å². The van der Waals surface area contributed by atoms with E-state index in [2.05, 4.69) is 14.9 Å². The zero-order chi connectivity index (χ0) is 15.6. The van der Waals surface area contributed by atoms with E-state index in [1.807, 2.05) is 47.0 Å². The molecule has 1 atom stereocenters. The van der Waals surface area contributed by atoms with Crippen molar-refractivity contribution in [3.63, 3.8) is 0 Å². The van der Waals surface area contributed by atoms with Gasteiger partial charge in [0.1, 0.15) is 11.4 Å². The monoisotopic (exact) mass is 292 g/mol. The van der Waals surface area contributed by atoms with Crippen LogP contribution in [0.5, 0.6) is 0 Å². The lowest BCUT2D eigenvalue weighted by Crippen LogP contribution is -2.55. The first-order chi connectivity index (χ1) is 9.76. The number of piperazine rings is 1. The second kappa shape index (κ2) is 5.87. The Labute approximate surface area is 126 Å². The molecule has 21 heavy (non-hydrogen) atoms. The number of carbonyl (C=O) groups is 1.